The number of sulfone groups is 1. The molecule has 0 radical (unpaired) electrons. The summed E-state index contributed by atoms with van der Waals surface area (Å²) in [6.45, 7) is 1.85. The number of anilines is 2. The Bertz CT molecular complexity index is 1150. The van der Waals surface area contributed by atoms with Gasteiger partial charge in [-0.15, -0.1) is 0 Å². The summed E-state index contributed by atoms with van der Waals surface area (Å²) < 4.78 is 24.7. The molecule has 0 saturated carbocycles. The number of rotatable bonds is 5. The molecule has 2 heterocycles. The maximum absolute atomic E-state index is 12.3. The molecule has 0 bridgehead atoms. The lowest BCUT2D eigenvalue weighted by Gasteiger charge is -2.09. The zero-order valence-corrected chi connectivity index (χ0v) is 15.0. The third kappa shape index (κ3) is 3.32. The van der Waals surface area contributed by atoms with Gasteiger partial charge in [0.1, 0.15) is 5.39 Å². The number of hydrogen-bond acceptors (Lipinski definition) is 6. The van der Waals surface area contributed by atoms with Crippen LogP contribution in [0.3, 0.4) is 0 Å². The van der Waals surface area contributed by atoms with Crippen LogP contribution in [0.5, 0.6) is 0 Å². The lowest BCUT2D eigenvalue weighted by molar-refractivity contribution is 0.518. The van der Waals surface area contributed by atoms with E-state index in [1.807, 2.05) is 6.92 Å². The van der Waals surface area contributed by atoms with Gasteiger partial charge in [0.2, 0.25) is 0 Å². The van der Waals surface area contributed by atoms with E-state index in [1.54, 1.807) is 22.9 Å². The van der Waals surface area contributed by atoms with Crippen molar-refractivity contribution in [2.24, 2.45) is 0 Å². The number of nitriles is 1. The number of H-pyrrole nitrogens is 1. The standard InChI is InChI=1S/C17H17N5O3S/c1-11(7-9-18)22-14-8-10-19-17(23)15(14)16(21-22)20-12-3-5-13(6-4-12)26(2,24)25/h3-6,8,10-11H,7H2,1-2H3,(H,19,23)(H,20,21)/t11-/m0/s1. The largest absolute Gasteiger partial charge is 0.338 e. The van der Waals surface area contributed by atoms with Gasteiger partial charge in [0, 0.05) is 18.1 Å². The molecule has 0 amide bonds. The Balaban J connectivity index is 2.05. The van der Waals surface area contributed by atoms with Crippen molar-refractivity contribution in [1.29, 1.82) is 5.26 Å². The normalized spacial score (nSPS) is 12.7. The summed E-state index contributed by atoms with van der Waals surface area (Å²) in [5, 5.41) is 16.8. The monoisotopic (exact) mass is 371 g/mol. The van der Waals surface area contributed by atoms with Gasteiger partial charge < -0.3 is 10.3 Å². The molecule has 2 aromatic heterocycles. The number of fused-ring (bicyclic) bond motifs is 1. The maximum Gasteiger partial charge on any atom is 0.261 e. The predicted octanol–water partition coefficient (Wildman–Crippen LogP) is 2.35. The van der Waals surface area contributed by atoms with Gasteiger partial charge in [0.15, 0.2) is 15.7 Å². The molecule has 8 nitrogen and oxygen atoms in total. The minimum Gasteiger partial charge on any atom is -0.338 e. The summed E-state index contributed by atoms with van der Waals surface area (Å²) in [4.78, 5) is 15.1. The smallest absolute Gasteiger partial charge is 0.261 e. The number of aromatic amines is 1. The van der Waals surface area contributed by atoms with Gasteiger partial charge in [-0.25, -0.2) is 8.42 Å². The van der Waals surface area contributed by atoms with E-state index in [-0.39, 0.29) is 22.9 Å². The number of nitrogens with one attached hydrogen (secondary N) is 2. The van der Waals surface area contributed by atoms with Crippen molar-refractivity contribution in [3.8, 4) is 6.07 Å². The second-order valence-electron chi connectivity index (χ2n) is 5.99. The van der Waals surface area contributed by atoms with Crippen molar-refractivity contribution >= 4 is 32.2 Å². The van der Waals surface area contributed by atoms with Gasteiger partial charge in [-0.3, -0.25) is 9.48 Å². The maximum atomic E-state index is 12.3. The van der Waals surface area contributed by atoms with E-state index < -0.39 is 9.84 Å². The average Bonchev–Trinajstić information content (AvgIpc) is 2.95. The molecule has 2 N–H and O–H groups in total. The second kappa shape index (κ2) is 6.65. The third-order valence-corrected chi connectivity index (χ3v) is 5.11. The van der Waals surface area contributed by atoms with Crippen LogP contribution in [-0.2, 0) is 9.84 Å². The Labute approximate surface area is 150 Å². The van der Waals surface area contributed by atoms with Crippen LogP contribution in [-0.4, -0.2) is 29.4 Å². The van der Waals surface area contributed by atoms with Crippen molar-refractivity contribution in [1.82, 2.24) is 14.8 Å². The summed E-state index contributed by atoms with van der Waals surface area (Å²) in [5.41, 5.74) is 0.917. The van der Waals surface area contributed by atoms with Gasteiger partial charge in [0.25, 0.3) is 5.56 Å². The molecule has 3 aromatic rings. The molecule has 0 aliphatic heterocycles. The van der Waals surface area contributed by atoms with E-state index in [1.165, 1.54) is 18.3 Å². The molecule has 0 spiro atoms. The zero-order chi connectivity index (χ0) is 18.9. The van der Waals surface area contributed by atoms with E-state index in [9.17, 15) is 13.2 Å². The van der Waals surface area contributed by atoms with E-state index in [0.29, 0.717) is 22.4 Å². The first kappa shape index (κ1) is 17.7. The Hall–Kier alpha value is -3.12. The van der Waals surface area contributed by atoms with Crippen LogP contribution in [0.2, 0.25) is 0 Å². The van der Waals surface area contributed by atoms with Crippen LogP contribution in [0.1, 0.15) is 19.4 Å². The SMILES string of the molecule is C[C@@H](CC#N)n1nc(Nc2ccc(S(C)(=O)=O)cc2)c2c(=O)[nH]ccc21. The molecule has 1 aromatic carbocycles. The van der Waals surface area contributed by atoms with Gasteiger partial charge in [0.05, 0.1) is 28.9 Å². The van der Waals surface area contributed by atoms with Gasteiger partial charge in [-0.1, -0.05) is 0 Å². The van der Waals surface area contributed by atoms with E-state index >= 15 is 0 Å². The van der Waals surface area contributed by atoms with Crippen LogP contribution in [0.15, 0.2) is 46.2 Å². The van der Waals surface area contributed by atoms with Crippen molar-refractivity contribution < 1.29 is 8.42 Å². The van der Waals surface area contributed by atoms with Crippen LogP contribution >= 0.6 is 0 Å². The van der Waals surface area contributed by atoms with Gasteiger partial charge >= 0.3 is 0 Å². The molecule has 1 atom stereocenters. The molecular weight excluding hydrogens is 354 g/mol. The molecule has 134 valence electrons. The molecule has 3 rings (SSSR count). The fraction of sp³-hybridized carbons (Fsp3) is 0.235. The number of nitrogens with zero attached hydrogens (tertiary/aromatic N) is 3. The Morgan fingerprint density at radius 3 is 2.62 bits per heavy atom. The minimum absolute atomic E-state index is 0.201. The highest BCUT2D eigenvalue weighted by Crippen LogP contribution is 2.26. The van der Waals surface area contributed by atoms with Gasteiger partial charge in [-0.05, 0) is 37.3 Å². The molecule has 0 aliphatic rings. The summed E-state index contributed by atoms with van der Waals surface area (Å²) in [6.07, 6.45) is 2.93. The van der Waals surface area contributed by atoms with Crippen molar-refractivity contribution in [2.45, 2.75) is 24.3 Å². The molecule has 0 unspecified atom stereocenters. The molecule has 0 fully saturated rings. The molecule has 0 saturated heterocycles. The summed E-state index contributed by atoms with van der Waals surface area (Å²) in [7, 11) is -3.28. The molecule has 26 heavy (non-hydrogen) atoms. The van der Waals surface area contributed by atoms with E-state index in [2.05, 4.69) is 21.5 Å². The number of hydrogen-bond donors (Lipinski definition) is 2. The lowest BCUT2D eigenvalue weighted by atomic mass is 10.2. The number of pyridine rings is 1. The molecular formula is C17H17N5O3S. The third-order valence-electron chi connectivity index (χ3n) is 3.98. The van der Waals surface area contributed by atoms with Crippen LogP contribution in [0.25, 0.3) is 10.9 Å². The summed E-state index contributed by atoms with van der Waals surface area (Å²) in [5.74, 6) is 0.346. The van der Waals surface area contributed by atoms with Crippen molar-refractivity contribution in [2.75, 3.05) is 11.6 Å². The Morgan fingerprint density at radius 1 is 1.31 bits per heavy atom. The topological polar surface area (TPSA) is 121 Å². The average molecular weight is 371 g/mol. The summed E-state index contributed by atoms with van der Waals surface area (Å²) >= 11 is 0. The highest BCUT2D eigenvalue weighted by atomic mass is 32.2. The van der Waals surface area contributed by atoms with Crippen LogP contribution in [0.4, 0.5) is 11.5 Å². The van der Waals surface area contributed by atoms with Crippen molar-refractivity contribution in [3.05, 3.63) is 46.9 Å². The first-order valence-corrected chi connectivity index (χ1v) is 9.74. The minimum atomic E-state index is -3.28. The van der Waals surface area contributed by atoms with Crippen molar-refractivity contribution in [3.63, 3.8) is 0 Å². The fourth-order valence-electron chi connectivity index (χ4n) is 2.66. The molecule has 0 aliphatic carbocycles. The quantitative estimate of drug-likeness (QED) is 0.710. The van der Waals surface area contributed by atoms with Crippen LogP contribution < -0.4 is 10.9 Å². The van der Waals surface area contributed by atoms with E-state index in [4.69, 9.17) is 5.26 Å². The zero-order valence-electron chi connectivity index (χ0n) is 14.2. The Morgan fingerprint density at radius 2 is 2.00 bits per heavy atom. The number of aromatic nitrogens is 3. The first-order valence-electron chi connectivity index (χ1n) is 7.85. The Kier molecular flexibility index (Phi) is 4.52. The fourth-order valence-corrected chi connectivity index (χ4v) is 3.29. The predicted molar refractivity (Wildman–Crippen MR) is 98.1 cm³/mol. The van der Waals surface area contributed by atoms with E-state index in [0.717, 1.165) is 6.26 Å². The second-order valence-corrected chi connectivity index (χ2v) is 8.01. The summed E-state index contributed by atoms with van der Waals surface area (Å²) in [6, 6.07) is 9.82. The highest BCUT2D eigenvalue weighted by molar-refractivity contribution is 7.90. The first-order chi connectivity index (χ1) is 12.3. The lowest BCUT2D eigenvalue weighted by Crippen LogP contribution is -2.08. The number of benzene rings is 1. The highest BCUT2D eigenvalue weighted by Gasteiger charge is 2.17. The van der Waals surface area contributed by atoms with Crippen LogP contribution in [0, 0.1) is 11.3 Å². The van der Waals surface area contributed by atoms with Gasteiger partial charge in [-0.2, -0.15) is 10.4 Å². The molecule has 9 heteroatoms.